The number of carboxylic acids is 1. The largest absolute Gasteiger partial charge is 0.550 e. The zero-order valence-electron chi connectivity index (χ0n) is 12.3. The Morgan fingerprint density at radius 3 is 2.50 bits per heavy atom. The Morgan fingerprint density at radius 1 is 1.17 bits per heavy atom. The van der Waals surface area contributed by atoms with Gasteiger partial charge in [-0.2, -0.15) is 0 Å². The van der Waals surface area contributed by atoms with Crippen molar-refractivity contribution in [1.82, 2.24) is 5.32 Å². The zero-order chi connectivity index (χ0) is 17.7. The SMILES string of the molecule is O=C([O-])C[C@H](NC(=O)c1cccc(Cl)c1)c1cccc([N+](=O)[O-])c1. The molecule has 0 saturated heterocycles. The summed E-state index contributed by atoms with van der Waals surface area (Å²) in [7, 11) is 0. The Hall–Kier alpha value is -2.93. The fourth-order valence-corrected chi connectivity index (χ4v) is 2.34. The van der Waals surface area contributed by atoms with Crippen LogP contribution in [0.3, 0.4) is 0 Å². The van der Waals surface area contributed by atoms with Gasteiger partial charge in [0.2, 0.25) is 0 Å². The third kappa shape index (κ3) is 4.53. The van der Waals surface area contributed by atoms with Crippen LogP contribution in [0.2, 0.25) is 5.02 Å². The molecule has 0 aliphatic rings. The maximum Gasteiger partial charge on any atom is 0.269 e. The highest BCUT2D eigenvalue weighted by atomic mass is 35.5. The van der Waals surface area contributed by atoms with Crippen LogP contribution in [0.1, 0.15) is 28.4 Å². The third-order valence-electron chi connectivity index (χ3n) is 3.25. The quantitative estimate of drug-likeness (QED) is 0.633. The third-order valence-corrected chi connectivity index (χ3v) is 3.48. The van der Waals surface area contributed by atoms with Gasteiger partial charge in [0.1, 0.15) is 0 Å². The lowest BCUT2D eigenvalue weighted by molar-refractivity contribution is -0.385. The van der Waals surface area contributed by atoms with E-state index in [1.807, 2.05) is 0 Å². The second kappa shape index (κ2) is 7.56. The van der Waals surface area contributed by atoms with Gasteiger partial charge in [0.15, 0.2) is 0 Å². The van der Waals surface area contributed by atoms with Gasteiger partial charge >= 0.3 is 0 Å². The van der Waals surface area contributed by atoms with E-state index in [-0.39, 0.29) is 11.3 Å². The van der Waals surface area contributed by atoms with Gasteiger partial charge in [0, 0.05) is 35.1 Å². The van der Waals surface area contributed by atoms with Crippen molar-refractivity contribution >= 4 is 29.2 Å². The number of nitrogens with zero attached hydrogens (tertiary/aromatic N) is 1. The van der Waals surface area contributed by atoms with Crippen LogP contribution in [-0.4, -0.2) is 16.8 Å². The van der Waals surface area contributed by atoms with E-state index in [9.17, 15) is 24.8 Å². The summed E-state index contributed by atoms with van der Waals surface area (Å²) in [6, 6.07) is 10.6. The molecule has 2 aromatic carbocycles. The minimum Gasteiger partial charge on any atom is -0.550 e. The number of nitro benzene ring substituents is 1. The second-order valence-corrected chi connectivity index (χ2v) is 5.40. The molecule has 2 rings (SSSR count). The number of nitro groups is 1. The number of rotatable bonds is 6. The van der Waals surface area contributed by atoms with E-state index in [0.29, 0.717) is 10.6 Å². The van der Waals surface area contributed by atoms with E-state index in [0.717, 1.165) is 0 Å². The standard InChI is InChI=1S/C16H13ClN2O5/c17-12-5-1-4-11(7-12)16(22)18-14(9-15(20)21)10-3-2-6-13(8-10)19(23)24/h1-8,14H,9H2,(H,18,22)(H,20,21)/p-1/t14-/m0/s1. The highest BCUT2D eigenvalue weighted by Crippen LogP contribution is 2.22. The average Bonchev–Trinajstić information content (AvgIpc) is 2.54. The molecule has 7 nitrogen and oxygen atoms in total. The van der Waals surface area contributed by atoms with Crippen molar-refractivity contribution in [3.63, 3.8) is 0 Å². The zero-order valence-corrected chi connectivity index (χ0v) is 13.0. The van der Waals surface area contributed by atoms with Gasteiger partial charge in [0.25, 0.3) is 11.6 Å². The van der Waals surface area contributed by atoms with E-state index in [4.69, 9.17) is 11.6 Å². The van der Waals surface area contributed by atoms with Crippen LogP contribution in [0.25, 0.3) is 0 Å². The summed E-state index contributed by atoms with van der Waals surface area (Å²) < 4.78 is 0. The molecule has 0 saturated carbocycles. The topological polar surface area (TPSA) is 112 Å². The minimum atomic E-state index is -1.39. The molecule has 1 amide bonds. The lowest BCUT2D eigenvalue weighted by Crippen LogP contribution is -2.34. The molecule has 0 fully saturated rings. The first kappa shape index (κ1) is 17.4. The second-order valence-electron chi connectivity index (χ2n) is 4.96. The summed E-state index contributed by atoms with van der Waals surface area (Å²) >= 11 is 5.82. The smallest absolute Gasteiger partial charge is 0.269 e. The van der Waals surface area contributed by atoms with E-state index in [2.05, 4.69) is 5.32 Å². The maximum absolute atomic E-state index is 12.3. The number of benzene rings is 2. The molecule has 2 aromatic rings. The van der Waals surface area contributed by atoms with Gasteiger partial charge in [-0.15, -0.1) is 0 Å². The molecule has 24 heavy (non-hydrogen) atoms. The molecule has 1 atom stereocenters. The Kier molecular flexibility index (Phi) is 5.49. The van der Waals surface area contributed by atoms with E-state index >= 15 is 0 Å². The molecule has 0 aliphatic heterocycles. The number of hydrogen-bond acceptors (Lipinski definition) is 5. The van der Waals surface area contributed by atoms with Crippen LogP contribution in [0.15, 0.2) is 48.5 Å². The molecule has 124 valence electrons. The Balaban J connectivity index is 2.28. The molecule has 0 aromatic heterocycles. The van der Waals surface area contributed by atoms with E-state index in [1.165, 1.54) is 36.4 Å². The number of halogens is 1. The molecule has 0 aliphatic carbocycles. The number of amides is 1. The number of carboxylic acid groups (broad SMARTS) is 1. The lowest BCUT2D eigenvalue weighted by atomic mass is 10.0. The predicted octanol–water partition coefficient (Wildman–Crippen LogP) is 1.86. The summed E-state index contributed by atoms with van der Waals surface area (Å²) in [5.74, 6) is -1.94. The van der Waals surface area contributed by atoms with Crippen molar-refractivity contribution in [2.75, 3.05) is 0 Å². The fourth-order valence-electron chi connectivity index (χ4n) is 2.15. The predicted molar refractivity (Wildman–Crippen MR) is 84.4 cm³/mol. The number of non-ortho nitro benzene ring substituents is 1. The monoisotopic (exact) mass is 347 g/mol. The number of carbonyl (C=O) groups is 2. The summed E-state index contributed by atoms with van der Waals surface area (Å²) in [5, 5.41) is 24.7. The molecule has 0 spiro atoms. The fraction of sp³-hybridized carbons (Fsp3) is 0.125. The Bertz CT molecular complexity index is 794. The molecule has 0 heterocycles. The number of aliphatic carboxylic acids is 1. The normalized spacial score (nSPS) is 11.5. The van der Waals surface area contributed by atoms with Gasteiger partial charge < -0.3 is 15.2 Å². The van der Waals surface area contributed by atoms with Gasteiger partial charge in [-0.3, -0.25) is 14.9 Å². The molecule has 0 radical (unpaired) electrons. The van der Waals surface area contributed by atoms with Gasteiger partial charge in [-0.05, 0) is 23.8 Å². The van der Waals surface area contributed by atoms with Gasteiger partial charge in [-0.25, -0.2) is 0 Å². The summed E-state index contributed by atoms with van der Waals surface area (Å²) in [5.41, 5.74) is 0.341. The van der Waals surface area contributed by atoms with Gasteiger partial charge in [-0.1, -0.05) is 29.8 Å². The molecule has 1 N–H and O–H groups in total. The molecule has 0 bridgehead atoms. The average molecular weight is 348 g/mol. The summed E-state index contributed by atoms with van der Waals surface area (Å²) in [6.07, 6.45) is -0.520. The van der Waals surface area contributed by atoms with Crippen molar-refractivity contribution in [1.29, 1.82) is 0 Å². The molecular weight excluding hydrogens is 336 g/mol. The van der Waals surface area contributed by atoms with E-state index < -0.39 is 29.3 Å². The van der Waals surface area contributed by atoms with Crippen molar-refractivity contribution in [3.05, 3.63) is 74.8 Å². The molecule has 8 heteroatoms. The molecular formula is C16H12ClN2O5-. The first-order chi connectivity index (χ1) is 11.4. The Morgan fingerprint density at radius 2 is 1.88 bits per heavy atom. The van der Waals surface area contributed by atoms with Crippen LogP contribution in [-0.2, 0) is 4.79 Å². The van der Waals surface area contributed by atoms with Crippen molar-refractivity contribution in [3.8, 4) is 0 Å². The highest BCUT2D eigenvalue weighted by Gasteiger charge is 2.18. The summed E-state index contributed by atoms with van der Waals surface area (Å²) in [4.78, 5) is 33.5. The van der Waals surface area contributed by atoms with Crippen molar-refractivity contribution in [2.24, 2.45) is 0 Å². The van der Waals surface area contributed by atoms with Crippen molar-refractivity contribution < 1.29 is 19.6 Å². The summed E-state index contributed by atoms with van der Waals surface area (Å²) in [6.45, 7) is 0. The van der Waals surface area contributed by atoms with Crippen LogP contribution in [0, 0.1) is 10.1 Å². The first-order valence-corrected chi connectivity index (χ1v) is 7.25. The van der Waals surface area contributed by atoms with Gasteiger partial charge in [0.05, 0.1) is 11.0 Å². The molecule has 0 unspecified atom stereocenters. The number of carbonyl (C=O) groups excluding carboxylic acids is 2. The first-order valence-electron chi connectivity index (χ1n) is 6.87. The lowest BCUT2D eigenvalue weighted by Gasteiger charge is -2.20. The van der Waals surface area contributed by atoms with Crippen LogP contribution >= 0.6 is 11.6 Å². The number of hydrogen-bond donors (Lipinski definition) is 1. The maximum atomic E-state index is 12.3. The highest BCUT2D eigenvalue weighted by molar-refractivity contribution is 6.30. The van der Waals surface area contributed by atoms with Crippen LogP contribution in [0.5, 0.6) is 0 Å². The van der Waals surface area contributed by atoms with Crippen LogP contribution in [0.4, 0.5) is 5.69 Å². The van der Waals surface area contributed by atoms with Crippen molar-refractivity contribution in [2.45, 2.75) is 12.5 Å². The minimum absolute atomic E-state index is 0.201. The van der Waals surface area contributed by atoms with Crippen LogP contribution < -0.4 is 10.4 Å². The number of nitrogens with one attached hydrogen (secondary N) is 1. The van der Waals surface area contributed by atoms with E-state index in [1.54, 1.807) is 12.1 Å². The Labute approximate surface area is 142 Å².